The van der Waals surface area contributed by atoms with Crippen LogP contribution < -0.4 is 5.32 Å². The van der Waals surface area contributed by atoms with Crippen LogP contribution in [0.2, 0.25) is 0 Å². The Hall–Kier alpha value is -3.10. The van der Waals surface area contributed by atoms with E-state index in [1.54, 1.807) is 0 Å². The number of fused-ring (bicyclic) bond motifs is 1. The van der Waals surface area contributed by atoms with E-state index in [4.69, 9.17) is 14.2 Å². The second kappa shape index (κ2) is 7.65. The Kier molecular flexibility index (Phi) is 5.29. The molecule has 1 aliphatic carbocycles. The number of hydrogen-bond donors (Lipinski definition) is 1. The summed E-state index contributed by atoms with van der Waals surface area (Å²) in [6.07, 6.45) is 1.44. The van der Waals surface area contributed by atoms with Crippen LogP contribution in [0, 0.1) is 27.9 Å². The van der Waals surface area contributed by atoms with Crippen LogP contribution in [-0.4, -0.2) is 30.4 Å². The fourth-order valence-electron chi connectivity index (χ4n) is 3.71. The minimum absolute atomic E-state index is 0.0763. The molecule has 1 amide bonds. The van der Waals surface area contributed by atoms with Crippen molar-refractivity contribution in [2.45, 2.75) is 26.1 Å². The molecule has 1 heterocycles. The Morgan fingerprint density at radius 3 is 2.59 bits per heavy atom. The van der Waals surface area contributed by atoms with Gasteiger partial charge in [-0.15, -0.1) is 0 Å². The molecule has 9 nitrogen and oxygen atoms in total. The van der Waals surface area contributed by atoms with Gasteiger partial charge in [-0.05, 0) is 30.9 Å². The molecule has 4 unspecified atom stereocenters. The van der Waals surface area contributed by atoms with Crippen molar-refractivity contribution in [2.75, 3.05) is 12.4 Å². The summed E-state index contributed by atoms with van der Waals surface area (Å²) in [5, 5.41) is 13.2. The van der Waals surface area contributed by atoms with Gasteiger partial charge in [0.05, 0.1) is 23.9 Å². The molecule has 4 atom stereocenters. The number of ether oxygens (including phenoxy) is 3. The Morgan fingerprint density at radius 1 is 1.26 bits per heavy atom. The lowest BCUT2D eigenvalue weighted by Crippen LogP contribution is -2.39. The summed E-state index contributed by atoms with van der Waals surface area (Å²) in [6.45, 7) is 2.03. The molecule has 0 bridgehead atoms. The molecule has 3 rings (SSSR count). The first-order chi connectivity index (χ1) is 12.9. The number of non-ortho nitro benzene ring substituents is 1. The molecule has 0 saturated heterocycles. The van der Waals surface area contributed by atoms with Crippen LogP contribution in [0.1, 0.15) is 19.8 Å². The molecule has 0 spiro atoms. The summed E-state index contributed by atoms with van der Waals surface area (Å²) in [4.78, 5) is 34.3. The monoisotopic (exact) mass is 376 g/mol. The van der Waals surface area contributed by atoms with Crippen LogP contribution in [0.4, 0.5) is 16.2 Å². The van der Waals surface area contributed by atoms with E-state index in [0.29, 0.717) is 11.3 Å². The molecular weight excluding hydrogens is 356 g/mol. The van der Waals surface area contributed by atoms with E-state index in [1.807, 2.05) is 6.92 Å². The SMILES string of the molecule is COC(=O)C1=COC(OC(=O)Nc2ccc([N+](=O)[O-])cc2)C2C(C)CCC12. The smallest absolute Gasteiger partial charge is 0.414 e. The number of carbonyl (C=O) groups excluding carboxylic acids is 2. The highest BCUT2D eigenvalue weighted by atomic mass is 16.7. The van der Waals surface area contributed by atoms with E-state index in [-0.39, 0.29) is 23.4 Å². The molecule has 0 radical (unpaired) electrons. The number of nitrogens with zero attached hydrogens (tertiary/aromatic N) is 1. The summed E-state index contributed by atoms with van der Waals surface area (Å²) in [6, 6.07) is 5.40. The number of rotatable bonds is 4. The van der Waals surface area contributed by atoms with Gasteiger partial charge in [-0.1, -0.05) is 6.92 Å². The van der Waals surface area contributed by atoms with Gasteiger partial charge in [0.1, 0.15) is 0 Å². The third-order valence-electron chi connectivity index (χ3n) is 5.07. The predicted molar refractivity (Wildman–Crippen MR) is 93.6 cm³/mol. The van der Waals surface area contributed by atoms with Gasteiger partial charge in [0, 0.05) is 29.7 Å². The van der Waals surface area contributed by atoms with Crippen molar-refractivity contribution in [3.05, 3.63) is 46.2 Å². The van der Waals surface area contributed by atoms with E-state index in [0.717, 1.165) is 12.8 Å². The zero-order chi connectivity index (χ0) is 19.6. The molecule has 1 saturated carbocycles. The molecule has 2 aliphatic rings. The van der Waals surface area contributed by atoms with Gasteiger partial charge in [0.15, 0.2) is 0 Å². The normalized spacial score (nSPS) is 26.2. The van der Waals surface area contributed by atoms with Gasteiger partial charge in [0.2, 0.25) is 6.29 Å². The zero-order valence-electron chi connectivity index (χ0n) is 14.9. The molecule has 1 fully saturated rings. The average Bonchev–Trinajstić information content (AvgIpc) is 3.04. The van der Waals surface area contributed by atoms with Gasteiger partial charge < -0.3 is 14.2 Å². The summed E-state index contributed by atoms with van der Waals surface area (Å²) in [5.74, 6) is -0.460. The van der Waals surface area contributed by atoms with Crippen molar-refractivity contribution in [3.8, 4) is 0 Å². The number of anilines is 1. The summed E-state index contributed by atoms with van der Waals surface area (Å²) < 4.78 is 15.7. The number of methoxy groups -OCH3 is 1. The second-order valence-electron chi connectivity index (χ2n) is 6.64. The van der Waals surface area contributed by atoms with Gasteiger partial charge in [-0.3, -0.25) is 15.4 Å². The minimum atomic E-state index is -0.820. The quantitative estimate of drug-likeness (QED) is 0.487. The third kappa shape index (κ3) is 3.86. The minimum Gasteiger partial charge on any atom is -0.466 e. The number of benzene rings is 1. The molecule has 1 aromatic rings. The summed E-state index contributed by atoms with van der Waals surface area (Å²) >= 11 is 0. The van der Waals surface area contributed by atoms with Gasteiger partial charge >= 0.3 is 12.1 Å². The first kappa shape index (κ1) is 18.7. The summed E-state index contributed by atoms with van der Waals surface area (Å²) in [7, 11) is 1.32. The molecular formula is C18H20N2O7. The van der Waals surface area contributed by atoms with Crippen molar-refractivity contribution in [2.24, 2.45) is 17.8 Å². The highest BCUT2D eigenvalue weighted by molar-refractivity contribution is 5.89. The van der Waals surface area contributed by atoms with Crippen LogP contribution in [0.15, 0.2) is 36.1 Å². The van der Waals surface area contributed by atoms with Crippen LogP contribution in [-0.2, 0) is 19.0 Å². The van der Waals surface area contributed by atoms with Crippen molar-refractivity contribution in [3.63, 3.8) is 0 Å². The molecule has 0 aromatic heterocycles. The number of esters is 1. The van der Waals surface area contributed by atoms with Gasteiger partial charge in [0.25, 0.3) is 5.69 Å². The number of hydrogen-bond acceptors (Lipinski definition) is 7. The summed E-state index contributed by atoms with van der Waals surface area (Å²) in [5.41, 5.74) is 0.748. The second-order valence-corrected chi connectivity index (χ2v) is 6.64. The fraction of sp³-hybridized carbons (Fsp3) is 0.444. The van der Waals surface area contributed by atoms with E-state index in [9.17, 15) is 19.7 Å². The van der Waals surface area contributed by atoms with E-state index < -0.39 is 23.3 Å². The van der Waals surface area contributed by atoms with Gasteiger partial charge in [-0.2, -0.15) is 0 Å². The lowest BCUT2D eigenvalue weighted by Gasteiger charge is -2.34. The molecule has 1 aliphatic heterocycles. The topological polar surface area (TPSA) is 117 Å². The van der Waals surface area contributed by atoms with Crippen molar-refractivity contribution in [1.82, 2.24) is 0 Å². The Balaban J connectivity index is 1.67. The Bertz CT molecular complexity index is 774. The Morgan fingerprint density at radius 2 is 1.96 bits per heavy atom. The first-order valence-electron chi connectivity index (χ1n) is 8.56. The highest BCUT2D eigenvalue weighted by Gasteiger charge is 2.48. The molecule has 27 heavy (non-hydrogen) atoms. The molecule has 9 heteroatoms. The number of carbonyl (C=O) groups is 2. The number of nitro benzene ring substituents is 1. The van der Waals surface area contributed by atoms with Gasteiger partial charge in [-0.25, -0.2) is 9.59 Å². The maximum atomic E-state index is 12.2. The van der Waals surface area contributed by atoms with E-state index >= 15 is 0 Å². The first-order valence-corrected chi connectivity index (χ1v) is 8.56. The van der Waals surface area contributed by atoms with Crippen molar-refractivity contribution < 1.29 is 28.7 Å². The molecule has 144 valence electrons. The maximum Gasteiger partial charge on any atom is 0.414 e. The van der Waals surface area contributed by atoms with E-state index in [2.05, 4.69) is 5.32 Å². The average molecular weight is 376 g/mol. The standard InChI is InChI=1S/C18H20N2O7/c1-10-3-8-13-14(16(21)25-2)9-26-17(15(10)13)27-18(22)19-11-4-6-12(7-5-11)20(23)24/h4-7,9-10,13,15,17H,3,8H2,1-2H3,(H,19,22). The number of nitro groups is 1. The largest absolute Gasteiger partial charge is 0.466 e. The lowest BCUT2D eigenvalue weighted by atomic mass is 9.83. The number of amides is 1. The highest BCUT2D eigenvalue weighted by Crippen LogP contribution is 2.46. The molecule has 1 N–H and O–H groups in total. The maximum absolute atomic E-state index is 12.2. The Labute approximate surface area is 155 Å². The van der Waals surface area contributed by atoms with Crippen LogP contribution in [0.25, 0.3) is 0 Å². The van der Waals surface area contributed by atoms with Crippen LogP contribution >= 0.6 is 0 Å². The van der Waals surface area contributed by atoms with Crippen molar-refractivity contribution in [1.29, 1.82) is 0 Å². The van der Waals surface area contributed by atoms with E-state index in [1.165, 1.54) is 37.6 Å². The zero-order valence-corrected chi connectivity index (χ0v) is 14.9. The molecule has 1 aromatic carbocycles. The predicted octanol–water partition coefficient (Wildman–Crippen LogP) is 3.22. The third-order valence-corrected chi connectivity index (χ3v) is 5.07. The van der Waals surface area contributed by atoms with Crippen molar-refractivity contribution >= 4 is 23.4 Å². The van der Waals surface area contributed by atoms with Crippen LogP contribution in [0.3, 0.4) is 0 Å². The fourth-order valence-corrected chi connectivity index (χ4v) is 3.71. The number of nitrogens with one attached hydrogen (secondary N) is 1. The van der Waals surface area contributed by atoms with Crippen LogP contribution in [0.5, 0.6) is 0 Å². The lowest BCUT2D eigenvalue weighted by molar-refractivity contribution is -0.384.